The molecule has 0 spiro atoms. The molecule has 1 aliphatic heterocycles. The lowest BCUT2D eigenvalue weighted by molar-refractivity contribution is -0.123. The fraction of sp³-hybridized carbons (Fsp3) is 0.500. The lowest BCUT2D eigenvalue weighted by Gasteiger charge is -2.29. The Kier molecular flexibility index (Phi) is 4.60. The van der Waals surface area contributed by atoms with E-state index in [0.717, 1.165) is 25.7 Å². The molecule has 2 unspecified atom stereocenters. The Bertz CT molecular complexity index is 776. The van der Waals surface area contributed by atoms with Gasteiger partial charge in [0.1, 0.15) is 6.42 Å². The van der Waals surface area contributed by atoms with Crippen LogP contribution in [-0.4, -0.2) is 26.3 Å². The molecule has 1 aromatic rings. The van der Waals surface area contributed by atoms with Gasteiger partial charge < -0.3 is 10.6 Å². The predicted molar refractivity (Wildman–Crippen MR) is 90.1 cm³/mol. The number of rotatable bonds is 3. The maximum absolute atomic E-state index is 12.7. The first kappa shape index (κ1) is 16.9. The molecule has 3 rings (SSSR count). The first-order valence-electron chi connectivity index (χ1n) is 8.11. The largest absolute Gasteiger partial charge is 0.324 e. The highest BCUT2D eigenvalue weighted by atomic mass is 32.2. The van der Waals surface area contributed by atoms with Crippen molar-refractivity contribution in [1.82, 2.24) is 4.72 Å². The number of carbonyl (C=O) groups excluding carboxylic acids is 2. The van der Waals surface area contributed by atoms with Crippen LogP contribution >= 0.6 is 0 Å². The molecular formula is C16H21N3O4S. The molecule has 0 saturated heterocycles. The van der Waals surface area contributed by atoms with Gasteiger partial charge in [-0.05, 0) is 37.0 Å². The summed E-state index contributed by atoms with van der Waals surface area (Å²) in [6.07, 6.45) is 3.71. The molecule has 0 bridgehead atoms. The molecule has 130 valence electrons. The van der Waals surface area contributed by atoms with Gasteiger partial charge in [-0.2, -0.15) is 0 Å². The van der Waals surface area contributed by atoms with Crippen molar-refractivity contribution in [3.63, 3.8) is 0 Å². The number of anilines is 2. The Labute approximate surface area is 141 Å². The van der Waals surface area contributed by atoms with Crippen LogP contribution < -0.4 is 15.4 Å². The fourth-order valence-electron chi connectivity index (χ4n) is 3.20. The van der Waals surface area contributed by atoms with Crippen LogP contribution in [0.2, 0.25) is 0 Å². The molecule has 3 N–H and O–H groups in total. The summed E-state index contributed by atoms with van der Waals surface area (Å²) in [4.78, 5) is 23.3. The first-order chi connectivity index (χ1) is 11.3. The van der Waals surface area contributed by atoms with E-state index in [-0.39, 0.29) is 17.4 Å². The van der Waals surface area contributed by atoms with Gasteiger partial charge >= 0.3 is 0 Å². The first-order valence-corrected chi connectivity index (χ1v) is 9.59. The molecule has 1 heterocycles. The van der Waals surface area contributed by atoms with E-state index in [1.165, 1.54) is 18.2 Å². The minimum absolute atomic E-state index is 0.0724. The number of amides is 2. The Morgan fingerprint density at radius 3 is 2.42 bits per heavy atom. The van der Waals surface area contributed by atoms with Crippen molar-refractivity contribution in [3.05, 3.63) is 18.2 Å². The van der Waals surface area contributed by atoms with Gasteiger partial charge in [0, 0.05) is 6.04 Å². The van der Waals surface area contributed by atoms with E-state index in [1.54, 1.807) is 0 Å². The molecule has 1 aromatic carbocycles. The van der Waals surface area contributed by atoms with Gasteiger partial charge in [0.2, 0.25) is 21.8 Å². The highest BCUT2D eigenvalue weighted by Gasteiger charge is 2.28. The molecule has 2 amide bonds. The van der Waals surface area contributed by atoms with Gasteiger partial charge in [0.05, 0.1) is 16.3 Å². The molecule has 0 radical (unpaired) electrons. The lowest BCUT2D eigenvalue weighted by Crippen LogP contribution is -2.40. The molecule has 1 saturated carbocycles. The van der Waals surface area contributed by atoms with Crippen molar-refractivity contribution in [2.24, 2.45) is 5.92 Å². The van der Waals surface area contributed by atoms with Crippen LogP contribution in [0.1, 0.15) is 39.0 Å². The standard InChI is InChI=1S/C16H21N3O4S/c1-10-4-2-3-5-12(10)19-24(22,23)11-6-7-13-14(8-11)18-16(21)9-15(20)17-13/h6-8,10,12,19H,2-5,9H2,1H3,(H,17,20)(H,18,21). The van der Waals surface area contributed by atoms with Gasteiger partial charge in [-0.25, -0.2) is 13.1 Å². The van der Waals surface area contributed by atoms with Crippen molar-refractivity contribution >= 4 is 33.2 Å². The summed E-state index contributed by atoms with van der Waals surface area (Å²) in [6.45, 7) is 2.05. The van der Waals surface area contributed by atoms with Gasteiger partial charge in [-0.1, -0.05) is 19.8 Å². The summed E-state index contributed by atoms with van der Waals surface area (Å²) in [7, 11) is -3.68. The van der Waals surface area contributed by atoms with Crippen LogP contribution in [0.4, 0.5) is 11.4 Å². The topological polar surface area (TPSA) is 104 Å². The Balaban J connectivity index is 1.86. The number of sulfonamides is 1. The van der Waals surface area contributed by atoms with Crippen molar-refractivity contribution < 1.29 is 18.0 Å². The Hall–Kier alpha value is -1.93. The smallest absolute Gasteiger partial charge is 0.240 e. The fourth-order valence-corrected chi connectivity index (χ4v) is 4.60. The van der Waals surface area contributed by atoms with Crippen molar-refractivity contribution in [3.8, 4) is 0 Å². The van der Waals surface area contributed by atoms with Gasteiger partial charge in [-0.3, -0.25) is 9.59 Å². The number of fused-ring (bicyclic) bond motifs is 1. The van der Waals surface area contributed by atoms with Crippen LogP contribution in [0.3, 0.4) is 0 Å². The number of benzene rings is 1. The van der Waals surface area contributed by atoms with E-state index in [0.29, 0.717) is 17.3 Å². The second kappa shape index (κ2) is 6.52. The summed E-state index contributed by atoms with van der Waals surface area (Å²) < 4.78 is 28.1. The summed E-state index contributed by atoms with van der Waals surface area (Å²) in [6, 6.07) is 4.25. The molecule has 8 heteroatoms. The maximum Gasteiger partial charge on any atom is 0.240 e. The molecule has 1 aliphatic carbocycles. The van der Waals surface area contributed by atoms with Crippen LogP contribution in [0.25, 0.3) is 0 Å². The third-order valence-electron chi connectivity index (χ3n) is 4.59. The zero-order valence-electron chi connectivity index (χ0n) is 13.5. The van der Waals surface area contributed by atoms with E-state index < -0.39 is 21.8 Å². The van der Waals surface area contributed by atoms with Crippen LogP contribution in [0, 0.1) is 5.92 Å². The zero-order valence-corrected chi connectivity index (χ0v) is 14.3. The molecule has 2 aliphatic rings. The number of hydrogen-bond acceptors (Lipinski definition) is 4. The minimum Gasteiger partial charge on any atom is -0.324 e. The van der Waals surface area contributed by atoms with Crippen LogP contribution in [0.5, 0.6) is 0 Å². The highest BCUT2D eigenvalue weighted by molar-refractivity contribution is 7.89. The highest BCUT2D eigenvalue weighted by Crippen LogP contribution is 2.29. The molecule has 24 heavy (non-hydrogen) atoms. The van der Waals surface area contributed by atoms with Gasteiger partial charge in [-0.15, -0.1) is 0 Å². The summed E-state index contributed by atoms with van der Waals surface area (Å²) in [5.41, 5.74) is 0.696. The van der Waals surface area contributed by atoms with Gasteiger partial charge in [0.15, 0.2) is 0 Å². The number of nitrogens with one attached hydrogen (secondary N) is 3. The van der Waals surface area contributed by atoms with Gasteiger partial charge in [0.25, 0.3) is 0 Å². The summed E-state index contributed by atoms with van der Waals surface area (Å²) in [5.74, 6) is -0.584. The van der Waals surface area contributed by atoms with Crippen molar-refractivity contribution in [1.29, 1.82) is 0 Å². The van der Waals surface area contributed by atoms with E-state index in [1.807, 2.05) is 0 Å². The van der Waals surface area contributed by atoms with E-state index in [4.69, 9.17) is 0 Å². The predicted octanol–water partition coefficient (Wildman–Crippen LogP) is 1.82. The van der Waals surface area contributed by atoms with E-state index in [9.17, 15) is 18.0 Å². The lowest BCUT2D eigenvalue weighted by atomic mass is 9.87. The van der Waals surface area contributed by atoms with Crippen LogP contribution in [-0.2, 0) is 19.6 Å². The summed E-state index contributed by atoms with van der Waals surface area (Å²) >= 11 is 0. The van der Waals surface area contributed by atoms with E-state index >= 15 is 0 Å². The molecular weight excluding hydrogens is 330 g/mol. The molecule has 7 nitrogen and oxygen atoms in total. The second-order valence-corrected chi connectivity index (χ2v) is 8.18. The third kappa shape index (κ3) is 3.59. The molecule has 2 atom stereocenters. The second-order valence-electron chi connectivity index (χ2n) is 6.47. The maximum atomic E-state index is 12.7. The Morgan fingerprint density at radius 2 is 1.71 bits per heavy atom. The third-order valence-corrected chi connectivity index (χ3v) is 6.08. The number of carbonyl (C=O) groups is 2. The minimum atomic E-state index is -3.68. The quantitative estimate of drug-likeness (QED) is 0.723. The van der Waals surface area contributed by atoms with Crippen LogP contribution in [0.15, 0.2) is 23.1 Å². The average molecular weight is 351 g/mol. The summed E-state index contributed by atoms with van der Waals surface area (Å²) in [5, 5.41) is 5.15. The zero-order chi connectivity index (χ0) is 17.3. The van der Waals surface area contributed by atoms with Crippen molar-refractivity contribution in [2.45, 2.75) is 50.0 Å². The van der Waals surface area contributed by atoms with E-state index in [2.05, 4.69) is 22.3 Å². The molecule has 1 fully saturated rings. The van der Waals surface area contributed by atoms with Crippen molar-refractivity contribution in [2.75, 3.05) is 10.6 Å². The number of hydrogen-bond donors (Lipinski definition) is 3. The monoisotopic (exact) mass is 351 g/mol. The Morgan fingerprint density at radius 1 is 1.04 bits per heavy atom. The average Bonchev–Trinajstić information content (AvgIpc) is 2.65. The SMILES string of the molecule is CC1CCCCC1NS(=O)(=O)c1ccc2c(c1)NC(=O)CC(=O)N2. The molecule has 0 aromatic heterocycles. The normalized spacial score (nSPS) is 24.5.